The van der Waals surface area contributed by atoms with E-state index in [9.17, 15) is 0 Å². The van der Waals surface area contributed by atoms with Crippen molar-refractivity contribution in [3.63, 3.8) is 0 Å². The summed E-state index contributed by atoms with van der Waals surface area (Å²) in [5.74, 6) is 1.69. The molecule has 0 aromatic heterocycles. The Bertz CT molecular complexity index is 520. The second kappa shape index (κ2) is 6.85. The summed E-state index contributed by atoms with van der Waals surface area (Å²) in [6.45, 7) is 4.89. The summed E-state index contributed by atoms with van der Waals surface area (Å²) in [6, 6.07) is 16.0. The minimum absolute atomic E-state index is 0.0877. The molecule has 0 spiro atoms. The van der Waals surface area contributed by atoms with Gasteiger partial charge < -0.3 is 14.8 Å². The molecule has 1 unspecified atom stereocenters. The normalized spacial score (nSPS) is 11.8. The fourth-order valence-corrected chi connectivity index (χ4v) is 1.86. The molecule has 0 aliphatic heterocycles. The summed E-state index contributed by atoms with van der Waals surface area (Å²) in [5, 5.41) is 3.36. The molecule has 0 aliphatic carbocycles. The van der Waals surface area contributed by atoms with Crippen LogP contribution >= 0.6 is 0 Å². The van der Waals surface area contributed by atoms with Crippen molar-refractivity contribution < 1.29 is 9.47 Å². The van der Waals surface area contributed by atoms with Crippen LogP contribution in [0.15, 0.2) is 48.5 Å². The Balaban J connectivity index is 1.82. The van der Waals surface area contributed by atoms with Gasteiger partial charge in [-0.05, 0) is 50.2 Å². The van der Waals surface area contributed by atoms with Gasteiger partial charge in [-0.2, -0.15) is 0 Å². The van der Waals surface area contributed by atoms with Gasteiger partial charge in [0.05, 0.1) is 13.7 Å². The number of nitrogens with one attached hydrogen (secondary N) is 1. The van der Waals surface area contributed by atoms with Crippen LogP contribution in [0.4, 0.5) is 5.69 Å². The maximum Gasteiger partial charge on any atom is 0.120 e. The molecule has 2 aromatic carbocycles. The highest BCUT2D eigenvalue weighted by Crippen LogP contribution is 2.18. The van der Waals surface area contributed by atoms with Crippen LogP contribution in [0.5, 0.6) is 11.5 Å². The van der Waals surface area contributed by atoms with Gasteiger partial charge in [-0.25, -0.2) is 0 Å². The number of methoxy groups -OCH3 is 1. The fraction of sp³-hybridized carbons (Fsp3) is 0.294. The molecule has 1 N–H and O–H groups in total. The number of hydrogen-bond acceptors (Lipinski definition) is 3. The highest BCUT2D eigenvalue weighted by Gasteiger charge is 2.04. The van der Waals surface area contributed by atoms with Crippen LogP contribution in [0.25, 0.3) is 0 Å². The lowest BCUT2D eigenvalue weighted by molar-refractivity contribution is 0.234. The van der Waals surface area contributed by atoms with Crippen molar-refractivity contribution in [3.8, 4) is 11.5 Å². The van der Waals surface area contributed by atoms with Gasteiger partial charge in [0, 0.05) is 5.69 Å². The number of rotatable bonds is 6. The molecular formula is C17H21NO2. The van der Waals surface area contributed by atoms with Crippen molar-refractivity contribution in [1.29, 1.82) is 0 Å². The molecule has 0 aliphatic rings. The van der Waals surface area contributed by atoms with E-state index in [-0.39, 0.29) is 6.10 Å². The molecule has 0 saturated heterocycles. The van der Waals surface area contributed by atoms with Gasteiger partial charge in [0.15, 0.2) is 0 Å². The zero-order valence-corrected chi connectivity index (χ0v) is 12.2. The van der Waals surface area contributed by atoms with Crippen molar-refractivity contribution >= 4 is 5.69 Å². The lowest BCUT2D eigenvalue weighted by Crippen LogP contribution is -2.22. The van der Waals surface area contributed by atoms with Gasteiger partial charge in [-0.3, -0.25) is 0 Å². The van der Waals surface area contributed by atoms with E-state index in [1.54, 1.807) is 7.11 Å². The van der Waals surface area contributed by atoms with Gasteiger partial charge in [0.1, 0.15) is 17.6 Å². The maximum absolute atomic E-state index is 5.84. The molecule has 2 aromatic rings. The van der Waals surface area contributed by atoms with E-state index in [0.29, 0.717) is 0 Å². The maximum atomic E-state index is 5.84. The quantitative estimate of drug-likeness (QED) is 0.864. The van der Waals surface area contributed by atoms with E-state index < -0.39 is 0 Å². The monoisotopic (exact) mass is 271 g/mol. The Kier molecular flexibility index (Phi) is 4.88. The van der Waals surface area contributed by atoms with Gasteiger partial charge >= 0.3 is 0 Å². The summed E-state index contributed by atoms with van der Waals surface area (Å²) in [7, 11) is 1.66. The third kappa shape index (κ3) is 4.19. The van der Waals surface area contributed by atoms with E-state index in [2.05, 4.69) is 36.5 Å². The van der Waals surface area contributed by atoms with Crippen LogP contribution in [0.3, 0.4) is 0 Å². The number of ether oxygens (including phenoxy) is 2. The largest absolute Gasteiger partial charge is 0.497 e. The zero-order chi connectivity index (χ0) is 14.4. The molecule has 0 radical (unpaired) electrons. The summed E-state index contributed by atoms with van der Waals surface area (Å²) in [4.78, 5) is 0. The minimum Gasteiger partial charge on any atom is -0.497 e. The first-order valence-corrected chi connectivity index (χ1v) is 6.78. The molecular weight excluding hydrogens is 250 g/mol. The van der Waals surface area contributed by atoms with E-state index >= 15 is 0 Å². The highest BCUT2D eigenvalue weighted by molar-refractivity contribution is 5.44. The molecule has 3 nitrogen and oxygen atoms in total. The lowest BCUT2D eigenvalue weighted by Gasteiger charge is -2.16. The molecule has 0 heterocycles. The van der Waals surface area contributed by atoms with Crippen LogP contribution in [-0.4, -0.2) is 19.8 Å². The molecule has 0 fully saturated rings. The van der Waals surface area contributed by atoms with Crippen molar-refractivity contribution in [2.45, 2.75) is 20.0 Å². The van der Waals surface area contributed by atoms with Crippen LogP contribution < -0.4 is 14.8 Å². The number of aryl methyl sites for hydroxylation is 1. The zero-order valence-electron chi connectivity index (χ0n) is 12.2. The van der Waals surface area contributed by atoms with Crippen molar-refractivity contribution in [1.82, 2.24) is 0 Å². The Morgan fingerprint density at radius 1 is 0.950 bits per heavy atom. The van der Waals surface area contributed by atoms with Crippen LogP contribution in [-0.2, 0) is 0 Å². The molecule has 0 saturated carbocycles. The Labute approximate surface area is 120 Å². The predicted octanol–water partition coefficient (Wildman–Crippen LogP) is 3.88. The first kappa shape index (κ1) is 14.3. The van der Waals surface area contributed by atoms with E-state index in [1.807, 2.05) is 31.2 Å². The first-order chi connectivity index (χ1) is 9.67. The van der Waals surface area contributed by atoms with Gasteiger partial charge in [0.25, 0.3) is 0 Å². The van der Waals surface area contributed by atoms with Gasteiger partial charge in [-0.15, -0.1) is 0 Å². The molecule has 3 heteroatoms. The van der Waals surface area contributed by atoms with Crippen molar-refractivity contribution in [2.75, 3.05) is 19.0 Å². The molecule has 20 heavy (non-hydrogen) atoms. The average Bonchev–Trinajstić information content (AvgIpc) is 2.47. The van der Waals surface area contributed by atoms with Gasteiger partial charge in [0.2, 0.25) is 0 Å². The Morgan fingerprint density at radius 2 is 1.55 bits per heavy atom. The standard InChI is InChI=1S/C17H21NO2/c1-13-4-6-15(7-5-13)18-12-14(2)20-17-10-8-16(19-3)9-11-17/h4-11,14,18H,12H2,1-3H3. The minimum atomic E-state index is 0.0877. The summed E-state index contributed by atoms with van der Waals surface area (Å²) >= 11 is 0. The summed E-state index contributed by atoms with van der Waals surface area (Å²) in [5.41, 5.74) is 2.37. The molecule has 0 bridgehead atoms. The predicted molar refractivity (Wildman–Crippen MR) is 82.8 cm³/mol. The van der Waals surface area contributed by atoms with E-state index in [0.717, 1.165) is 23.7 Å². The van der Waals surface area contributed by atoms with Crippen LogP contribution in [0.1, 0.15) is 12.5 Å². The molecule has 1 atom stereocenters. The van der Waals surface area contributed by atoms with Gasteiger partial charge in [-0.1, -0.05) is 17.7 Å². The summed E-state index contributed by atoms with van der Waals surface area (Å²) in [6.07, 6.45) is 0.0877. The number of hydrogen-bond donors (Lipinski definition) is 1. The average molecular weight is 271 g/mol. The molecule has 106 valence electrons. The Morgan fingerprint density at radius 3 is 2.15 bits per heavy atom. The van der Waals surface area contributed by atoms with Crippen molar-refractivity contribution in [2.24, 2.45) is 0 Å². The van der Waals surface area contributed by atoms with E-state index in [1.165, 1.54) is 5.56 Å². The second-order valence-corrected chi connectivity index (χ2v) is 4.85. The summed E-state index contributed by atoms with van der Waals surface area (Å²) < 4.78 is 11.0. The molecule has 2 rings (SSSR count). The Hall–Kier alpha value is -2.16. The van der Waals surface area contributed by atoms with E-state index in [4.69, 9.17) is 9.47 Å². The van der Waals surface area contributed by atoms with Crippen molar-refractivity contribution in [3.05, 3.63) is 54.1 Å². The first-order valence-electron chi connectivity index (χ1n) is 6.78. The molecule has 0 amide bonds. The topological polar surface area (TPSA) is 30.5 Å². The lowest BCUT2D eigenvalue weighted by atomic mass is 10.2. The number of benzene rings is 2. The SMILES string of the molecule is COc1ccc(OC(C)CNc2ccc(C)cc2)cc1. The second-order valence-electron chi connectivity index (χ2n) is 4.85. The fourth-order valence-electron chi connectivity index (χ4n) is 1.86. The highest BCUT2D eigenvalue weighted by atomic mass is 16.5. The third-order valence-electron chi connectivity index (χ3n) is 3.04. The number of anilines is 1. The smallest absolute Gasteiger partial charge is 0.120 e. The van der Waals surface area contributed by atoms with Crippen LogP contribution in [0.2, 0.25) is 0 Å². The third-order valence-corrected chi connectivity index (χ3v) is 3.04. The van der Waals surface area contributed by atoms with Crippen LogP contribution in [0, 0.1) is 6.92 Å².